The van der Waals surface area contributed by atoms with Gasteiger partial charge in [0.25, 0.3) is 5.56 Å². The van der Waals surface area contributed by atoms with E-state index in [1.165, 1.54) is 11.8 Å². The second kappa shape index (κ2) is 9.45. The third kappa shape index (κ3) is 5.28. The van der Waals surface area contributed by atoms with E-state index in [-0.39, 0.29) is 18.0 Å². The van der Waals surface area contributed by atoms with E-state index >= 15 is 0 Å². The van der Waals surface area contributed by atoms with Crippen molar-refractivity contribution in [2.75, 3.05) is 12.3 Å². The van der Waals surface area contributed by atoms with Gasteiger partial charge in [0.2, 0.25) is 5.91 Å². The van der Waals surface area contributed by atoms with Crippen LogP contribution in [0.4, 0.5) is 0 Å². The highest BCUT2D eigenvalue weighted by atomic mass is 35.5. The molecule has 0 atom stereocenters. The molecule has 0 aliphatic carbocycles. The molecule has 0 radical (unpaired) electrons. The van der Waals surface area contributed by atoms with Crippen molar-refractivity contribution in [2.45, 2.75) is 24.8 Å². The molecule has 1 N–H and O–H groups in total. The third-order valence-corrected chi connectivity index (χ3v) is 5.56. The van der Waals surface area contributed by atoms with Crippen LogP contribution in [0.2, 0.25) is 10.0 Å². The van der Waals surface area contributed by atoms with Crippen LogP contribution in [0, 0.1) is 0 Å². The predicted molar refractivity (Wildman–Crippen MR) is 115 cm³/mol. The summed E-state index contributed by atoms with van der Waals surface area (Å²) in [5, 5.41) is 1.65. The number of amides is 1. The van der Waals surface area contributed by atoms with E-state index in [1.54, 1.807) is 35.2 Å². The van der Waals surface area contributed by atoms with Gasteiger partial charge in [-0.15, -0.1) is 11.8 Å². The summed E-state index contributed by atoms with van der Waals surface area (Å²) in [7, 11) is 0. The van der Waals surface area contributed by atoms with E-state index in [0.717, 1.165) is 11.3 Å². The van der Waals surface area contributed by atoms with Crippen molar-refractivity contribution in [3.05, 3.63) is 68.7 Å². The first kappa shape index (κ1) is 20.7. The molecule has 3 rings (SSSR count). The normalized spacial score (nSPS) is 11.0. The third-order valence-electron chi connectivity index (χ3n) is 4.08. The lowest BCUT2D eigenvalue weighted by molar-refractivity contribution is -0.129. The molecule has 0 fully saturated rings. The van der Waals surface area contributed by atoms with Crippen LogP contribution in [0.3, 0.4) is 0 Å². The van der Waals surface area contributed by atoms with Crippen LogP contribution in [0.15, 0.2) is 52.2 Å². The van der Waals surface area contributed by atoms with Gasteiger partial charge in [0.05, 0.1) is 23.2 Å². The summed E-state index contributed by atoms with van der Waals surface area (Å²) in [5.74, 6) is 0.722. The second-order valence-electron chi connectivity index (χ2n) is 6.23. The largest absolute Gasteiger partial charge is 0.335 e. The molecule has 0 spiro atoms. The summed E-state index contributed by atoms with van der Waals surface area (Å²) in [4.78, 5) is 34.9. The lowest BCUT2D eigenvalue weighted by atomic mass is 10.2. The molecule has 0 saturated carbocycles. The van der Waals surface area contributed by atoms with Crippen LogP contribution in [-0.4, -0.2) is 33.1 Å². The molecule has 3 aromatic rings. The monoisotopic (exact) mass is 435 g/mol. The molecule has 1 aromatic heterocycles. The highest BCUT2D eigenvalue weighted by molar-refractivity contribution is 8.00. The van der Waals surface area contributed by atoms with E-state index in [1.807, 2.05) is 19.1 Å². The molecule has 2 aromatic carbocycles. The molecule has 0 unspecified atom stereocenters. The molecule has 0 aliphatic heterocycles. The lowest BCUT2D eigenvalue weighted by Crippen LogP contribution is -2.34. The molecule has 1 heterocycles. The molecule has 0 aliphatic rings. The lowest BCUT2D eigenvalue weighted by Gasteiger charge is -2.21. The van der Waals surface area contributed by atoms with Crippen LogP contribution < -0.4 is 5.56 Å². The highest BCUT2D eigenvalue weighted by Gasteiger charge is 2.16. The maximum atomic E-state index is 12.7. The first-order valence-electron chi connectivity index (χ1n) is 8.81. The molecule has 8 heteroatoms. The van der Waals surface area contributed by atoms with E-state index in [9.17, 15) is 9.59 Å². The van der Waals surface area contributed by atoms with Crippen LogP contribution in [0.1, 0.15) is 19.2 Å². The number of nitrogens with zero attached hydrogens (tertiary/aromatic N) is 2. The molecular formula is C20H19Cl2N3O2S. The smallest absolute Gasteiger partial charge is 0.258 e. The number of fused-ring (bicyclic) bond motifs is 1. The van der Waals surface area contributed by atoms with Crippen molar-refractivity contribution in [1.82, 2.24) is 14.9 Å². The Morgan fingerprint density at radius 2 is 1.86 bits per heavy atom. The standard InChI is InChI=1S/C20H19Cl2N3O2S/c1-2-9-25(19(26)12-28-15-6-3-13(21)4-7-15)11-18-23-17-10-14(22)5-8-16(17)20(27)24-18/h3-8,10H,2,9,11-12H2,1H3,(H,23,24,27). The van der Waals surface area contributed by atoms with Gasteiger partial charge in [-0.2, -0.15) is 0 Å². The molecule has 28 heavy (non-hydrogen) atoms. The van der Waals surface area contributed by atoms with Gasteiger partial charge >= 0.3 is 0 Å². The van der Waals surface area contributed by atoms with Crippen molar-refractivity contribution in [1.29, 1.82) is 0 Å². The minimum atomic E-state index is -0.240. The van der Waals surface area contributed by atoms with Gasteiger partial charge < -0.3 is 9.88 Å². The highest BCUT2D eigenvalue weighted by Crippen LogP contribution is 2.21. The van der Waals surface area contributed by atoms with E-state index in [4.69, 9.17) is 23.2 Å². The topological polar surface area (TPSA) is 66.1 Å². The van der Waals surface area contributed by atoms with Crippen LogP contribution in [-0.2, 0) is 11.3 Å². The van der Waals surface area contributed by atoms with Crippen molar-refractivity contribution < 1.29 is 4.79 Å². The fourth-order valence-electron chi connectivity index (χ4n) is 2.75. The van der Waals surface area contributed by atoms with Crippen LogP contribution in [0.5, 0.6) is 0 Å². The Morgan fingerprint density at radius 1 is 1.14 bits per heavy atom. The maximum Gasteiger partial charge on any atom is 0.258 e. The molecule has 0 saturated heterocycles. The van der Waals surface area contributed by atoms with Gasteiger partial charge in [-0.05, 0) is 48.9 Å². The fraction of sp³-hybridized carbons (Fsp3) is 0.250. The average Bonchev–Trinajstić information content (AvgIpc) is 2.66. The predicted octanol–water partition coefficient (Wildman–Crippen LogP) is 4.76. The molecular weight excluding hydrogens is 417 g/mol. The van der Waals surface area contributed by atoms with Gasteiger partial charge in [0.1, 0.15) is 5.82 Å². The summed E-state index contributed by atoms with van der Waals surface area (Å²) in [5.41, 5.74) is 0.279. The summed E-state index contributed by atoms with van der Waals surface area (Å²) in [6.45, 7) is 2.83. The molecule has 146 valence electrons. The number of carbonyl (C=O) groups excluding carboxylic acids is 1. The van der Waals surface area contributed by atoms with Gasteiger partial charge in [0, 0.05) is 21.5 Å². The Labute approximate surface area is 177 Å². The number of hydrogen-bond acceptors (Lipinski definition) is 4. The Morgan fingerprint density at radius 3 is 2.57 bits per heavy atom. The first-order chi connectivity index (χ1) is 13.5. The summed E-state index contributed by atoms with van der Waals surface area (Å²) in [6.07, 6.45) is 0.807. The van der Waals surface area contributed by atoms with Crippen molar-refractivity contribution in [3.63, 3.8) is 0 Å². The number of H-pyrrole nitrogens is 1. The zero-order chi connectivity index (χ0) is 20.1. The number of rotatable bonds is 7. The number of hydrogen-bond donors (Lipinski definition) is 1. The molecule has 0 bridgehead atoms. The van der Waals surface area contributed by atoms with Crippen LogP contribution >= 0.6 is 35.0 Å². The van der Waals surface area contributed by atoms with Gasteiger partial charge in [-0.1, -0.05) is 30.1 Å². The summed E-state index contributed by atoms with van der Waals surface area (Å²) < 4.78 is 0. The maximum absolute atomic E-state index is 12.7. The number of halogens is 2. The zero-order valence-corrected chi connectivity index (χ0v) is 17.6. The van der Waals surface area contributed by atoms with Gasteiger partial charge in [-0.25, -0.2) is 4.98 Å². The van der Waals surface area contributed by atoms with Crippen LogP contribution in [0.25, 0.3) is 10.9 Å². The van der Waals surface area contributed by atoms with E-state index in [2.05, 4.69) is 9.97 Å². The van der Waals surface area contributed by atoms with Gasteiger partial charge in [-0.3, -0.25) is 9.59 Å². The zero-order valence-electron chi connectivity index (χ0n) is 15.2. The summed E-state index contributed by atoms with van der Waals surface area (Å²) >= 11 is 13.4. The van der Waals surface area contributed by atoms with Crippen molar-refractivity contribution >= 4 is 51.8 Å². The quantitative estimate of drug-likeness (QED) is 0.543. The number of nitrogens with one attached hydrogen (secondary N) is 1. The number of thioether (sulfide) groups is 1. The Hall–Kier alpha value is -2.02. The second-order valence-corrected chi connectivity index (χ2v) is 8.15. The summed E-state index contributed by atoms with van der Waals surface area (Å²) in [6, 6.07) is 12.3. The number of carbonyl (C=O) groups is 1. The van der Waals surface area contributed by atoms with E-state index < -0.39 is 0 Å². The van der Waals surface area contributed by atoms with Crippen molar-refractivity contribution in [2.24, 2.45) is 0 Å². The number of aromatic amines is 1. The average molecular weight is 436 g/mol. The minimum Gasteiger partial charge on any atom is -0.335 e. The Kier molecular flexibility index (Phi) is 6.99. The Balaban J connectivity index is 1.74. The van der Waals surface area contributed by atoms with Gasteiger partial charge in [0.15, 0.2) is 0 Å². The SMILES string of the molecule is CCCN(Cc1nc2cc(Cl)ccc2c(=O)[nH]1)C(=O)CSc1ccc(Cl)cc1. The molecule has 5 nitrogen and oxygen atoms in total. The number of benzene rings is 2. The van der Waals surface area contributed by atoms with Crippen molar-refractivity contribution in [3.8, 4) is 0 Å². The molecule has 1 amide bonds. The Bertz CT molecular complexity index is 1040. The fourth-order valence-corrected chi connectivity index (χ4v) is 3.84. The minimum absolute atomic E-state index is 0.0179. The van der Waals surface area contributed by atoms with E-state index in [0.29, 0.717) is 39.1 Å². The first-order valence-corrected chi connectivity index (χ1v) is 10.5. The number of aromatic nitrogens is 2.